The average Bonchev–Trinajstić information content (AvgIpc) is 2.84. The first-order valence-electron chi connectivity index (χ1n) is 9.76. The highest BCUT2D eigenvalue weighted by Crippen LogP contribution is 2.27. The molecule has 0 spiro atoms. The van der Waals surface area contributed by atoms with Crippen LogP contribution < -0.4 is 20.7 Å². The molecule has 0 amide bonds. The molecule has 3 heterocycles. The smallest absolute Gasteiger partial charge is 0.332 e. The van der Waals surface area contributed by atoms with Gasteiger partial charge < -0.3 is 9.47 Å². The molecule has 9 nitrogen and oxygen atoms in total. The molecule has 0 saturated heterocycles. The first kappa shape index (κ1) is 21.0. The van der Waals surface area contributed by atoms with E-state index in [1.807, 2.05) is 0 Å². The highest BCUT2D eigenvalue weighted by molar-refractivity contribution is 5.97. The van der Waals surface area contributed by atoms with Crippen molar-refractivity contribution in [3.8, 4) is 11.5 Å². The van der Waals surface area contributed by atoms with Crippen molar-refractivity contribution in [3.63, 3.8) is 0 Å². The van der Waals surface area contributed by atoms with Gasteiger partial charge in [-0.2, -0.15) is 0 Å². The van der Waals surface area contributed by atoms with Crippen molar-refractivity contribution in [1.82, 2.24) is 19.1 Å². The highest BCUT2D eigenvalue weighted by Gasteiger charge is 2.18. The fourth-order valence-corrected chi connectivity index (χ4v) is 3.45. The predicted octanol–water partition coefficient (Wildman–Crippen LogP) is 1.90. The van der Waals surface area contributed by atoms with Gasteiger partial charge in [0.2, 0.25) is 0 Å². The maximum absolute atomic E-state index is 13.3. The van der Waals surface area contributed by atoms with Crippen LogP contribution >= 0.6 is 0 Å². The quantitative estimate of drug-likeness (QED) is 0.411. The van der Waals surface area contributed by atoms with Crippen molar-refractivity contribution in [3.05, 3.63) is 93.0 Å². The van der Waals surface area contributed by atoms with E-state index in [0.717, 1.165) is 10.1 Å². The Morgan fingerprint density at radius 3 is 2.41 bits per heavy atom. The molecule has 0 fully saturated rings. The zero-order valence-electron chi connectivity index (χ0n) is 17.5. The fourth-order valence-electron chi connectivity index (χ4n) is 3.45. The number of hydrogen-bond donors (Lipinski definition) is 0. The topological polar surface area (TPSA) is 105 Å². The van der Waals surface area contributed by atoms with Crippen LogP contribution in [0.25, 0.3) is 11.0 Å². The molecule has 0 aliphatic rings. The molecule has 32 heavy (non-hydrogen) atoms. The zero-order valence-corrected chi connectivity index (χ0v) is 17.5. The van der Waals surface area contributed by atoms with Crippen molar-refractivity contribution in [2.75, 3.05) is 14.2 Å². The molecular weight excluding hydrogens is 412 g/mol. The molecule has 0 N–H and O–H groups in total. The van der Waals surface area contributed by atoms with Crippen molar-refractivity contribution < 1.29 is 14.3 Å². The summed E-state index contributed by atoms with van der Waals surface area (Å²) in [5, 5.41) is 0. The standard InChI is InChI=1S/C23H20N4O5/c1-31-19-6-5-16(12-20(19)32-2)18(28)14-26-17-4-3-9-25-21(17)22(29)27(23(26)30)13-15-7-10-24-11-8-15/h3-12H,13-14H2,1-2H3. The average molecular weight is 432 g/mol. The van der Waals surface area contributed by atoms with Crippen molar-refractivity contribution in [1.29, 1.82) is 0 Å². The minimum absolute atomic E-state index is 0.0389. The molecule has 3 aromatic heterocycles. The normalized spacial score (nSPS) is 10.8. The van der Waals surface area contributed by atoms with E-state index < -0.39 is 11.2 Å². The Morgan fingerprint density at radius 2 is 1.69 bits per heavy atom. The molecule has 0 radical (unpaired) electrons. The lowest BCUT2D eigenvalue weighted by atomic mass is 10.1. The van der Waals surface area contributed by atoms with Gasteiger partial charge in [0.05, 0.1) is 32.8 Å². The summed E-state index contributed by atoms with van der Waals surface area (Å²) >= 11 is 0. The van der Waals surface area contributed by atoms with Gasteiger partial charge in [-0.25, -0.2) is 9.78 Å². The van der Waals surface area contributed by atoms with Crippen LogP contribution in [-0.2, 0) is 13.1 Å². The molecule has 0 unspecified atom stereocenters. The van der Waals surface area contributed by atoms with Gasteiger partial charge in [-0.3, -0.25) is 23.7 Å². The second-order valence-electron chi connectivity index (χ2n) is 6.98. The Kier molecular flexibility index (Phi) is 5.80. The summed E-state index contributed by atoms with van der Waals surface area (Å²) in [6.45, 7) is -0.232. The molecule has 0 saturated carbocycles. The maximum atomic E-state index is 13.3. The highest BCUT2D eigenvalue weighted by atomic mass is 16.5. The zero-order chi connectivity index (χ0) is 22.7. The molecular formula is C23H20N4O5. The van der Waals surface area contributed by atoms with Gasteiger partial charge in [0, 0.05) is 24.2 Å². The number of carbonyl (C=O) groups excluding carboxylic acids is 1. The lowest BCUT2D eigenvalue weighted by Gasteiger charge is -2.14. The van der Waals surface area contributed by atoms with Gasteiger partial charge in [-0.05, 0) is 48.0 Å². The summed E-state index contributed by atoms with van der Waals surface area (Å²) in [5.41, 5.74) is 0.368. The first-order valence-corrected chi connectivity index (χ1v) is 9.76. The van der Waals surface area contributed by atoms with E-state index in [4.69, 9.17) is 9.47 Å². The van der Waals surface area contributed by atoms with Crippen molar-refractivity contribution in [2.45, 2.75) is 13.1 Å². The maximum Gasteiger partial charge on any atom is 0.332 e. The van der Waals surface area contributed by atoms with Crippen molar-refractivity contribution in [2.24, 2.45) is 0 Å². The number of Topliss-reactive ketones (excluding diaryl/α,β-unsaturated/α-hetero) is 1. The minimum atomic E-state index is -0.596. The van der Waals surface area contributed by atoms with Crippen molar-refractivity contribution >= 4 is 16.8 Å². The number of hydrogen-bond acceptors (Lipinski definition) is 7. The molecule has 4 rings (SSSR count). The molecule has 0 aliphatic heterocycles. The number of ketones is 1. The molecule has 0 atom stereocenters. The summed E-state index contributed by atoms with van der Waals surface area (Å²) in [6.07, 6.45) is 4.64. The summed E-state index contributed by atoms with van der Waals surface area (Å²) in [7, 11) is 2.98. The number of fused-ring (bicyclic) bond motifs is 1. The van der Waals surface area contributed by atoms with Crippen LogP contribution in [0.15, 0.2) is 70.6 Å². The summed E-state index contributed by atoms with van der Waals surface area (Å²) < 4.78 is 12.8. The van der Waals surface area contributed by atoms with Gasteiger partial charge in [0.25, 0.3) is 5.56 Å². The number of methoxy groups -OCH3 is 2. The molecule has 162 valence electrons. The lowest BCUT2D eigenvalue weighted by molar-refractivity contribution is 0.0971. The first-order chi connectivity index (χ1) is 15.5. The van der Waals surface area contributed by atoms with Gasteiger partial charge in [-0.15, -0.1) is 0 Å². The van der Waals surface area contributed by atoms with E-state index in [1.54, 1.807) is 54.9 Å². The minimum Gasteiger partial charge on any atom is -0.493 e. The summed E-state index contributed by atoms with van der Waals surface area (Å²) in [5.74, 6) is 0.564. The van der Waals surface area contributed by atoms with E-state index in [-0.39, 0.29) is 24.4 Å². The number of pyridine rings is 2. The predicted molar refractivity (Wildman–Crippen MR) is 117 cm³/mol. The fraction of sp³-hybridized carbons (Fsp3) is 0.174. The van der Waals surface area contributed by atoms with E-state index in [2.05, 4.69) is 9.97 Å². The third kappa shape index (κ3) is 3.87. The van der Waals surface area contributed by atoms with Crippen LogP contribution in [0.2, 0.25) is 0 Å². The molecule has 0 aliphatic carbocycles. The van der Waals surface area contributed by atoms with E-state index in [0.29, 0.717) is 22.6 Å². The Bertz CT molecular complexity index is 1410. The molecule has 4 aromatic rings. The van der Waals surface area contributed by atoms with Crippen LogP contribution in [-0.4, -0.2) is 39.1 Å². The Morgan fingerprint density at radius 1 is 0.938 bits per heavy atom. The number of ether oxygens (including phenoxy) is 2. The Labute approximate surface area is 182 Å². The second kappa shape index (κ2) is 8.84. The number of benzene rings is 1. The van der Waals surface area contributed by atoms with Gasteiger partial charge in [0.1, 0.15) is 0 Å². The second-order valence-corrected chi connectivity index (χ2v) is 6.98. The lowest BCUT2D eigenvalue weighted by Crippen LogP contribution is -2.41. The Balaban J connectivity index is 1.81. The molecule has 1 aromatic carbocycles. The van der Waals surface area contributed by atoms with Crippen LogP contribution in [0.4, 0.5) is 0 Å². The molecule has 0 bridgehead atoms. The van der Waals surface area contributed by atoms with Crippen LogP contribution in [0.3, 0.4) is 0 Å². The summed E-state index contributed by atoms with van der Waals surface area (Å²) in [6, 6.07) is 11.4. The molecule has 9 heteroatoms. The monoisotopic (exact) mass is 432 g/mol. The number of rotatable bonds is 7. The third-order valence-corrected chi connectivity index (χ3v) is 5.08. The van der Waals surface area contributed by atoms with Crippen LogP contribution in [0, 0.1) is 0 Å². The third-order valence-electron chi connectivity index (χ3n) is 5.08. The van der Waals surface area contributed by atoms with E-state index in [9.17, 15) is 14.4 Å². The van der Waals surface area contributed by atoms with Gasteiger partial charge in [-0.1, -0.05) is 0 Å². The van der Waals surface area contributed by atoms with Gasteiger partial charge in [0.15, 0.2) is 22.8 Å². The Hall–Kier alpha value is -4.27. The largest absolute Gasteiger partial charge is 0.493 e. The SMILES string of the molecule is COc1ccc(C(=O)Cn2c(=O)n(Cc3ccncc3)c(=O)c3ncccc32)cc1OC. The summed E-state index contributed by atoms with van der Waals surface area (Å²) in [4.78, 5) is 47.4. The van der Waals surface area contributed by atoms with Crippen LogP contribution in [0.5, 0.6) is 11.5 Å². The van der Waals surface area contributed by atoms with Crippen LogP contribution in [0.1, 0.15) is 15.9 Å². The number of carbonyl (C=O) groups is 1. The number of aromatic nitrogens is 4. The number of nitrogens with zero attached hydrogens (tertiary/aromatic N) is 4. The van der Waals surface area contributed by atoms with E-state index >= 15 is 0 Å². The van der Waals surface area contributed by atoms with Gasteiger partial charge >= 0.3 is 5.69 Å². The van der Waals surface area contributed by atoms with E-state index in [1.165, 1.54) is 25.0 Å².